The first kappa shape index (κ1) is 10.3. The van der Waals surface area contributed by atoms with Gasteiger partial charge in [0, 0.05) is 5.02 Å². The molecule has 0 bridgehead atoms. The molecule has 2 heteroatoms. The number of rotatable bonds is 4. The summed E-state index contributed by atoms with van der Waals surface area (Å²) in [5.74, 6) is 0. The van der Waals surface area contributed by atoms with E-state index in [1.807, 2.05) is 43.3 Å². The molecule has 1 aromatic rings. The Labute approximate surface area is 84.0 Å². The van der Waals surface area contributed by atoms with Crippen LogP contribution in [0, 0.1) is 0 Å². The van der Waals surface area contributed by atoms with Gasteiger partial charge in [-0.2, -0.15) is 0 Å². The molecule has 1 aromatic carbocycles. The zero-order valence-electron chi connectivity index (χ0n) is 7.66. The van der Waals surface area contributed by atoms with E-state index < -0.39 is 0 Å². The van der Waals surface area contributed by atoms with Gasteiger partial charge in [-0.05, 0) is 24.6 Å². The zero-order valence-corrected chi connectivity index (χ0v) is 8.42. The highest BCUT2D eigenvalue weighted by atomic mass is 35.5. The van der Waals surface area contributed by atoms with E-state index >= 15 is 0 Å². The molecule has 0 saturated carbocycles. The lowest BCUT2D eigenvalue weighted by atomic mass is 10.2. The van der Waals surface area contributed by atoms with E-state index in [0.29, 0.717) is 13.2 Å². The zero-order chi connectivity index (χ0) is 9.52. The van der Waals surface area contributed by atoms with Crippen molar-refractivity contribution >= 4 is 11.6 Å². The molecule has 0 saturated heterocycles. The van der Waals surface area contributed by atoms with Crippen molar-refractivity contribution in [3.8, 4) is 0 Å². The molecule has 0 aliphatic rings. The van der Waals surface area contributed by atoms with Gasteiger partial charge in [-0.1, -0.05) is 35.9 Å². The van der Waals surface area contributed by atoms with E-state index in [1.165, 1.54) is 0 Å². The Morgan fingerprint density at radius 3 is 2.62 bits per heavy atom. The third kappa shape index (κ3) is 4.11. The molecule has 0 aliphatic heterocycles. The molecule has 70 valence electrons. The van der Waals surface area contributed by atoms with E-state index in [1.54, 1.807) is 0 Å². The van der Waals surface area contributed by atoms with Crippen LogP contribution in [-0.2, 0) is 11.3 Å². The molecule has 0 unspecified atom stereocenters. The predicted molar refractivity (Wildman–Crippen MR) is 55.9 cm³/mol. The number of halogens is 1. The Morgan fingerprint density at radius 1 is 1.31 bits per heavy atom. The molecule has 1 rings (SSSR count). The number of hydrogen-bond acceptors (Lipinski definition) is 1. The average molecular weight is 197 g/mol. The average Bonchev–Trinajstić information content (AvgIpc) is 2.15. The van der Waals surface area contributed by atoms with Crippen molar-refractivity contribution in [2.75, 3.05) is 6.61 Å². The molecule has 0 aliphatic carbocycles. The quantitative estimate of drug-likeness (QED) is 0.530. The third-order valence-corrected chi connectivity index (χ3v) is 1.88. The van der Waals surface area contributed by atoms with E-state index in [0.717, 1.165) is 10.6 Å². The van der Waals surface area contributed by atoms with Crippen molar-refractivity contribution in [3.63, 3.8) is 0 Å². The fourth-order valence-corrected chi connectivity index (χ4v) is 1.05. The van der Waals surface area contributed by atoms with Crippen LogP contribution in [0.3, 0.4) is 0 Å². The summed E-state index contributed by atoms with van der Waals surface area (Å²) in [4.78, 5) is 0. The fraction of sp³-hybridized carbons (Fsp3) is 0.273. The molecule has 0 radical (unpaired) electrons. The first-order chi connectivity index (χ1) is 6.33. The molecule has 0 spiro atoms. The lowest BCUT2D eigenvalue weighted by molar-refractivity contribution is 0.148. The van der Waals surface area contributed by atoms with Crippen molar-refractivity contribution in [1.82, 2.24) is 0 Å². The molecular formula is C11H13ClO. The van der Waals surface area contributed by atoms with Crippen molar-refractivity contribution in [3.05, 3.63) is 47.0 Å². The highest BCUT2D eigenvalue weighted by molar-refractivity contribution is 6.30. The minimum Gasteiger partial charge on any atom is -0.373 e. The van der Waals surface area contributed by atoms with Crippen LogP contribution in [0.25, 0.3) is 0 Å². The maximum Gasteiger partial charge on any atom is 0.0721 e. The van der Waals surface area contributed by atoms with Crippen molar-refractivity contribution in [2.45, 2.75) is 13.5 Å². The van der Waals surface area contributed by atoms with Crippen LogP contribution in [0.2, 0.25) is 5.02 Å². The Bertz CT molecular complexity index is 264. The van der Waals surface area contributed by atoms with Crippen molar-refractivity contribution < 1.29 is 4.74 Å². The van der Waals surface area contributed by atoms with E-state index in [-0.39, 0.29) is 0 Å². The van der Waals surface area contributed by atoms with E-state index in [2.05, 4.69) is 0 Å². The minimum absolute atomic E-state index is 0.640. The molecular weight excluding hydrogens is 184 g/mol. The molecule has 0 fully saturated rings. The molecule has 0 amide bonds. The van der Waals surface area contributed by atoms with Crippen LogP contribution in [0.4, 0.5) is 0 Å². The Balaban J connectivity index is 2.33. The van der Waals surface area contributed by atoms with Gasteiger partial charge in [0.1, 0.15) is 0 Å². The van der Waals surface area contributed by atoms with Gasteiger partial charge in [-0.25, -0.2) is 0 Å². The van der Waals surface area contributed by atoms with Gasteiger partial charge in [0.15, 0.2) is 0 Å². The molecule has 0 aromatic heterocycles. The molecule has 0 atom stereocenters. The Hall–Kier alpha value is -0.790. The maximum absolute atomic E-state index is 5.74. The second-order valence-electron chi connectivity index (χ2n) is 2.71. The first-order valence-corrected chi connectivity index (χ1v) is 4.64. The second-order valence-corrected chi connectivity index (χ2v) is 3.15. The summed E-state index contributed by atoms with van der Waals surface area (Å²) in [6.07, 6.45) is 3.96. The van der Waals surface area contributed by atoms with Gasteiger partial charge >= 0.3 is 0 Å². The van der Waals surface area contributed by atoms with Gasteiger partial charge < -0.3 is 4.74 Å². The van der Waals surface area contributed by atoms with Gasteiger partial charge in [0.2, 0.25) is 0 Å². The fourth-order valence-electron chi connectivity index (χ4n) is 0.922. The molecule has 0 heterocycles. The van der Waals surface area contributed by atoms with Crippen LogP contribution in [-0.4, -0.2) is 6.61 Å². The number of allylic oxidation sites excluding steroid dienone is 1. The minimum atomic E-state index is 0.640. The highest BCUT2D eigenvalue weighted by Crippen LogP contribution is 2.09. The molecule has 0 N–H and O–H groups in total. The van der Waals surface area contributed by atoms with Crippen molar-refractivity contribution in [2.24, 2.45) is 0 Å². The first-order valence-electron chi connectivity index (χ1n) is 4.26. The summed E-state index contributed by atoms with van der Waals surface area (Å²) < 4.78 is 5.37. The van der Waals surface area contributed by atoms with E-state index in [9.17, 15) is 0 Å². The summed E-state index contributed by atoms with van der Waals surface area (Å²) in [7, 11) is 0. The summed E-state index contributed by atoms with van der Waals surface area (Å²) in [5, 5.41) is 0.761. The normalized spacial score (nSPS) is 10.9. The second kappa shape index (κ2) is 5.79. The number of hydrogen-bond donors (Lipinski definition) is 0. The van der Waals surface area contributed by atoms with Crippen LogP contribution in [0.15, 0.2) is 36.4 Å². The SMILES string of the molecule is C/C=C\COCc1ccc(Cl)cc1. The number of ether oxygens (including phenoxy) is 1. The Morgan fingerprint density at radius 2 is 2.00 bits per heavy atom. The Kier molecular flexibility index (Phi) is 4.58. The third-order valence-electron chi connectivity index (χ3n) is 1.63. The van der Waals surface area contributed by atoms with E-state index in [4.69, 9.17) is 16.3 Å². The summed E-state index contributed by atoms with van der Waals surface area (Å²) in [6.45, 7) is 3.28. The predicted octanol–water partition coefficient (Wildman–Crippen LogP) is 3.43. The summed E-state index contributed by atoms with van der Waals surface area (Å²) in [6, 6.07) is 7.68. The van der Waals surface area contributed by atoms with Crippen LogP contribution >= 0.6 is 11.6 Å². The van der Waals surface area contributed by atoms with Gasteiger partial charge in [0.05, 0.1) is 13.2 Å². The van der Waals surface area contributed by atoms with Crippen LogP contribution in [0.5, 0.6) is 0 Å². The summed E-state index contributed by atoms with van der Waals surface area (Å²) >= 11 is 5.74. The highest BCUT2D eigenvalue weighted by Gasteiger charge is 1.91. The largest absolute Gasteiger partial charge is 0.373 e. The smallest absolute Gasteiger partial charge is 0.0721 e. The topological polar surface area (TPSA) is 9.23 Å². The number of benzene rings is 1. The molecule has 1 nitrogen and oxygen atoms in total. The lowest BCUT2D eigenvalue weighted by Gasteiger charge is -2.00. The van der Waals surface area contributed by atoms with Crippen molar-refractivity contribution in [1.29, 1.82) is 0 Å². The van der Waals surface area contributed by atoms with Gasteiger partial charge in [0.25, 0.3) is 0 Å². The molecule has 13 heavy (non-hydrogen) atoms. The maximum atomic E-state index is 5.74. The van der Waals surface area contributed by atoms with Crippen LogP contribution < -0.4 is 0 Å². The summed E-state index contributed by atoms with van der Waals surface area (Å²) in [5.41, 5.74) is 1.15. The van der Waals surface area contributed by atoms with Crippen LogP contribution in [0.1, 0.15) is 12.5 Å². The standard InChI is InChI=1S/C11H13ClO/c1-2-3-8-13-9-10-4-6-11(12)7-5-10/h2-7H,8-9H2,1H3/b3-2-. The van der Waals surface area contributed by atoms with Gasteiger partial charge in [-0.15, -0.1) is 0 Å². The monoisotopic (exact) mass is 196 g/mol. The van der Waals surface area contributed by atoms with Gasteiger partial charge in [-0.3, -0.25) is 0 Å². The lowest BCUT2D eigenvalue weighted by Crippen LogP contribution is -1.91.